The second kappa shape index (κ2) is 7.11. The molecule has 0 unspecified atom stereocenters. The zero-order valence-electron chi connectivity index (χ0n) is 9.07. The van der Waals surface area contributed by atoms with Crippen molar-refractivity contribution in [3.63, 3.8) is 0 Å². The summed E-state index contributed by atoms with van der Waals surface area (Å²) >= 11 is 7.15. The molecule has 6 heteroatoms. The van der Waals surface area contributed by atoms with E-state index in [0.717, 1.165) is 37.9 Å². The van der Waals surface area contributed by atoms with Gasteiger partial charge in [-0.3, -0.25) is 4.90 Å². The van der Waals surface area contributed by atoms with Crippen LogP contribution in [0.3, 0.4) is 0 Å². The van der Waals surface area contributed by atoms with Crippen LogP contribution in [0.2, 0.25) is 4.47 Å². The van der Waals surface area contributed by atoms with Gasteiger partial charge in [0.05, 0.1) is 13.2 Å². The van der Waals surface area contributed by atoms with E-state index in [1.165, 1.54) is 11.3 Å². The highest BCUT2D eigenvalue weighted by Crippen LogP contribution is 2.16. The summed E-state index contributed by atoms with van der Waals surface area (Å²) in [5.41, 5.74) is 0. The molecule has 0 aliphatic rings. The van der Waals surface area contributed by atoms with E-state index < -0.39 is 0 Å². The molecule has 1 aromatic heterocycles. The Kier molecular flexibility index (Phi) is 6.09. The summed E-state index contributed by atoms with van der Waals surface area (Å²) in [6.07, 6.45) is 0. The van der Waals surface area contributed by atoms with Crippen LogP contribution in [-0.4, -0.2) is 41.4 Å². The first-order chi connectivity index (χ1) is 7.26. The van der Waals surface area contributed by atoms with E-state index >= 15 is 0 Å². The summed E-state index contributed by atoms with van der Waals surface area (Å²) < 4.78 is 5.81. The SMILES string of the molecule is CCOCCN(CC)Cc1nnc(Cl)s1. The number of aromatic nitrogens is 2. The highest BCUT2D eigenvalue weighted by Gasteiger charge is 2.07. The smallest absolute Gasteiger partial charge is 0.207 e. The van der Waals surface area contributed by atoms with Crippen molar-refractivity contribution in [1.82, 2.24) is 15.1 Å². The number of nitrogens with zero attached hydrogens (tertiary/aromatic N) is 3. The molecule has 0 bridgehead atoms. The molecule has 4 nitrogen and oxygen atoms in total. The van der Waals surface area contributed by atoms with Crippen molar-refractivity contribution < 1.29 is 4.74 Å². The molecular weight excluding hydrogens is 234 g/mol. The van der Waals surface area contributed by atoms with Gasteiger partial charge in [-0.25, -0.2) is 0 Å². The lowest BCUT2D eigenvalue weighted by Gasteiger charge is -2.18. The first-order valence-electron chi connectivity index (χ1n) is 5.04. The summed E-state index contributed by atoms with van der Waals surface area (Å²) in [4.78, 5) is 2.26. The number of hydrogen-bond acceptors (Lipinski definition) is 5. The fourth-order valence-electron chi connectivity index (χ4n) is 1.18. The van der Waals surface area contributed by atoms with Crippen LogP contribution in [0.5, 0.6) is 0 Å². The Morgan fingerprint density at radius 2 is 2.20 bits per heavy atom. The molecule has 0 radical (unpaired) electrons. The molecule has 0 atom stereocenters. The topological polar surface area (TPSA) is 38.2 Å². The molecule has 15 heavy (non-hydrogen) atoms. The van der Waals surface area contributed by atoms with Gasteiger partial charge in [0.2, 0.25) is 4.47 Å². The number of hydrogen-bond donors (Lipinski definition) is 0. The summed E-state index contributed by atoms with van der Waals surface area (Å²) in [5.74, 6) is 0. The van der Waals surface area contributed by atoms with Gasteiger partial charge < -0.3 is 4.74 Å². The third kappa shape index (κ3) is 4.88. The van der Waals surface area contributed by atoms with Gasteiger partial charge in [0.1, 0.15) is 5.01 Å². The molecule has 1 rings (SSSR count). The second-order valence-electron chi connectivity index (χ2n) is 3.01. The zero-order valence-corrected chi connectivity index (χ0v) is 10.6. The number of halogens is 1. The van der Waals surface area contributed by atoms with E-state index in [1.807, 2.05) is 6.92 Å². The lowest BCUT2D eigenvalue weighted by atomic mass is 10.5. The zero-order chi connectivity index (χ0) is 11.1. The normalized spacial score (nSPS) is 11.2. The minimum Gasteiger partial charge on any atom is -0.380 e. The first-order valence-corrected chi connectivity index (χ1v) is 6.23. The summed E-state index contributed by atoms with van der Waals surface area (Å²) in [6.45, 7) is 8.34. The standard InChI is InChI=1S/C9H16ClN3OS/c1-3-13(5-6-14-4-2)7-8-11-12-9(10)15-8/h3-7H2,1-2H3. The third-order valence-electron chi connectivity index (χ3n) is 2.00. The Hall–Kier alpha value is -0.230. The second-order valence-corrected chi connectivity index (χ2v) is 4.66. The van der Waals surface area contributed by atoms with Gasteiger partial charge in [0.15, 0.2) is 0 Å². The van der Waals surface area contributed by atoms with E-state index in [4.69, 9.17) is 16.3 Å². The number of rotatable bonds is 7. The van der Waals surface area contributed by atoms with Gasteiger partial charge in [0.25, 0.3) is 0 Å². The Bertz CT molecular complexity index is 282. The van der Waals surface area contributed by atoms with E-state index in [0.29, 0.717) is 4.47 Å². The lowest BCUT2D eigenvalue weighted by molar-refractivity contribution is 0.113. The Labute approximate surface area is 99.2 Å². The van der Waals surface area contributed by atoms with E-state index in [9.17, 15) is 0 Å². The van der Waals surface area contributed by atoms with Crippen molar-refractivity contribution in [2.75, 3.05) is 26.3 Å². The number of likely N-dealkylation sites (N-methyl/N-ethyl adjacent to an activating group) is 1. The van der Waals surface area contributed by atoms with Crippen LogP contribution in [0.25, 0.3) is 0 Å². The van der Waals surface area contributed by atoms with Crippen LogP contribution >= 0.6 is 22.9 Å². The van der Waals surface area contributed by atoms with E-state index in [1.54, 1.807) is 0 Å². The molecule has 0 saturated carbocycles. The van der Waals surface area contributed by atoms with Crippen LogP contribution in [0.4, 0.5) is 0 Å². The molecule has 0 fully saturated rings. The predicted octanol–water partition coefficient (Wildman–Crippen LogP) is 2.05. The van der Waals surface area contributed by atoms with Crippen molar-refractivity contribution in [2.45, 2.75) is 20.4 Å². The number of ether oxygens (including phenoxy) is 1. The quantitative estimate of drug-likeness (QED) is 0.694. The Morgan fingerprint density at radius 3 is 2.73 bits per heavy atom. The largest absolute Gasteiger partial charge is 0.380 e. The Morgan fingerprint density at radius 1 is 1.40 bits per heavy atom. The maximum absolute atomic E-state index is 5.72. The van der Waals surface area contributed by atoms with Crippen LogP contribution < -0.4 is 0 Å². The van der Waals surface area contributed by atoms with Crippen molar-refractivity contribution in [1.29, 1.82) is 0 Å². The van der Waals surface area contributed by atoms with Crippen LogP contribution in [0.15, 0.2) is 0 Å². The van der Waals surface area contributed by atoms with Crippen molar-refractivity contribution in [3.8, 4) is 0 Å². The van der Waals surface area contributed by atoms with Gasteiger partial charge in [-0.2, -0.15) is 0 Å². The van der Waals surface area contributed by atoms with Crippen LogP contribution in [-0.2, 0) is 11.3 Å². The Balaban J connectivity index is 2.33. The van der Waals surface area contributed by atoms with E-state index in [-0.39, 0.29) is 0 Å². The average molecular weight is 250 g/mol. The van der Waals surface area contributed by atoms with Crippen LogP contribution in [0.1, 0.15) is 18.9 Å². The highest BCUT2D eigenvalue weighted by atomic mass is 35.5. The van der Waals surface area contributed by atoms with Gasteiger partial charge >= 0.3 is 0 Å². The molecule has 0 N–H and O–H groups in total. The summed E-state index contributed by atoms with van der Waals surface area (Å²) in [5, 5.41) is 8.72. The van der Waals surface area contributed by atoms with Gasteiger partial charge in [-0.15, -0.1) is 10.2 Å². The maximum atomic E-state index is 5.72. The molecule has 0 aliphatic carbocycles. The minimum absolute atomic E-state index is 0.505. The van der Waals surface area contributed by atoms with Crippen molar-refractivity contribution >= 4 is 22.9 Å². The van der Waals surface area contributed by atoms with Crippen molar-refractivity contribution in [2.24, 2.45) is 0 Å². The molecule has 0 amide bonds. The monoisotopic (exact) mass is 249 g/mol. The third-order valence-corrected chi connectivity index (χ3v) is 3.01. The molecule has 0 saturated heterocycles. The van der Waals surface area contributed by atoms with Crippen LogP contribution in [0, 0.1) is 0 Å². The molecule has 0 aliphatic heterocycles. The minimum atomic E-state index is 0.505. The van der Waals surface area contributed by atoms with Gasteiger partial charge in [-0.05, 0) is 25.1 Å². The highest BCUT2D eigenvalue weighted by molar-refractivity contribution is 7.15. The first kappa shape index (κ1) is 12.8. The van der Waals surface area contributed by atoms with Crippen molar-refractivity contribution in [3.05, 3.63) is 9.47 Å². The maximum Gasteiger partial charge on any atom is 0.207 e. The molecule has 86 valence electrons. The average Bonchev–Trinajstić information content (AvgIpc) is 2.63. The molecule has 0 spiro atoms. The molecule has 1 heterocycles. The fraction of sp³-hybridized carbons (Fsp3) is 0.778. The molecule has 1 aromatic rings. The van der Waals surface area contributed by atoms with E-state index in [2.05, 4.69) is 22.0 Å². The van der Waals surface area contributed by atoms with Gasteiger partial charge in [0, 0.05) is 13.2 Å². The van der Waals surface area contributed by atoms with Gasteiger partial charge in [-0.1, -0.05) is 18.3 Å². The summed E-state index contributed by atoms with van der Waals surface area (Å²) in [6, 6.07) is 0. The summed E-state index contributed by atoms with van der Waals surface area (Å²) in [7, 11) is 0. The lowest BCUT2D eigenvalue weighted by Crippen LogP contribution is -2.27. The predicted molar refractivity (Wildman–Crippen MR) is 62.4 cm³/mol. The molecule has 0 aromatic carbocycles. The molecular formula is C9H16ClN3OS. The fourth-order valence-corrected chi connectivity index (χ4v) is 2.09.